The molecule has 8 heteroatoms. The second kappa shape index (κ2) is 31.3. The van der Waals surface area contributed by atoms with E-state index in [9.17, 15) is 19.5 Å². The molecular formula is C39H74NO7+. The predicted molar refractivity (Wildman–Crippen MR) is 192 cm³/mol. The highest BCUT2D eigenvalue weighted by Crippen LogP contribution is 2.14. The van der Waals surface area contributed by atoms with Crippen molar-refractivity contribution in [1.29, 1.82) is 0 Å². The Morgan fingerprint density at radius 3 is 1.53 bits per heavy atom. The van der Waals surface area contributed by atoms with E-state index in [0.29, 0.717) is 19.3 Å². The number of carbonyl (C=O) groups is 3. The zero-order valence-corrected chi connectivity index (χ0v) is 31.2. The highest BCUT2D eigenvalue weighted by molar-refractivity contribution is 5.72. The molecule has 0 saturated carbocycles. The first kappa shape index (κ1) is 45.1. The topological polar surface area (TPSA) is 99.1 Å². The van der Waals surface area contributed by atoms with Crippen LogP contribution in [0.1, 0.15) is 168 Å². The minimum Gasteiger partial charge on any atom is -0.477 e. The third-order valence-electron chi connectivity index (χ3n) is 8.66. The number of allylic oxidation sites excluding steroid dienone is 2. The number of likely N-dealkylation sites (N-methyl/N-ethyl adjacent to an activating group) is 1. The van der Waals surface area contributed by atoms with Crippen molar-refractivity contribution in [2.24, 2.45) is 0 Å². The number of nitrogens with zero attached hydrogens (tertiary/aromatic N) is 1. The van der Waals surface area contributed by atoms with Crippen LogP contribution >= 0.6 is 0 Å². The van der Waals surface area contributed by atoms with Crippen LogP contribution in [0.15, 0.2) is 12.2 Å². The Bertz CT molecular complexity index is 793. The van der Waals surface area contributed by atoms with E-state index in [-0.39, 0.29) is 36.2 Å². The molecule has 8 nitrogen and oxygen atoms in total. The number of carbonyl (C=O) groups excluding carboxylic acids is 2. The van der Waals surface area contributed by atoms with Gasteiger partial charge in [-0.15, -0.1) is 0 Å². The second-order valence-corrected chi connectivity index (χ2v) is 14.2. The van der Waals surface area contributed by atoms with Gasteiger partial charge in [-0.05, 0) is 38.5 Å². The first-order chi connectivity index (χ1) is 22.6. The fraction of sp³-hybridized carbons (Fsp3) is 0.872. The van der Waals surface area contributed by atoms with Gasteiger partial charge in [-0.25, -0.2) is 4.79 Å². The Morgan fingerprint density at radius 1 is 0.617 bits per heavy atom. The molecule has 2 unspecified atom stereocenters. The number of aliphatic carboxylic acids is 1. The molecule has 0 fully saturated rings. The van der Waals surface area contributed by atoms with Crippen LogP contribution in [0.5, 0.6) is 0 Å². The van der Waals surface area contributed by atoms with Crippen LogP contribution in [0.3, 0.4) is 0 Å². The lowest BCUT2D eigenvalue weighted by molar-refractivity contribution is -0.887. The fourth-order valence-corrected chi connectivity index (χ4v) is 5.61. The van der Waals surface area contributed by atoms with E-state index in [2.05, 4.69) is 26.0 Å². The maximum atomic E-state index is 12.6. The Morgan fingerprint density at radius 2 is 1.06 bits per heavy atom. The number of quaternary nitrogens is 1. The van der Waals surface area contributed by atoms with Gasteiger partial charge in [0, 0.05) is 19.3 Å². The molecule has 0 spiro atoms. The van der Waals surface area contributed by atoms with Crippen molar-refractivity contribution in [2.75, 3.05) is 41.0 Å². The Kier molecular flexibility index (Phi) is 30.1. The van der Waals surface area contributed by atoms with Gasteiger partial charge in [-0.2, -0.15) is 0 Å². The number of carboxylic acids is 1. The quantitative estimate of drug-likeness (QED) is 0.0315. The summed E-state index contributed by atoms with van der Waals surface area (Å²) in [6, 6.07) is -0.608. The van der Waals surface area contributed by atoms with Crippen LogP contribution in [0.2, 0.25) is 0 Å². The number of rotatable bonds is 34. The van der Waals surface area contributed by atoms with E-state index < -0.39 is 18.1 Å². The number of carboxylic acid groups (broad SMARTS) is 1. The number of unbranched alkanes of at least 4 members (excludes halogenated alkanes) is 18. The highest BCUT2D eigenvalue weighted by Gasteiger charge is 2.31. The van der Waals surface area contributed by atoms with Gasteiger partial charge in [-0.3, -0.25) is 9.59 Å². The molecule has 0 aromatic carbocycles. The first-order valence-electron chi connectivity index (χ1n) is 19.2. The predicted octanol–water partition coefficient (Wildman–Crippen LogP) is 9.58. The van der Waals surface area contributed by atoms with Crippen LogP contribution in [0.25, 0.3) is 0 Å². The van der Waals surface area contributed by atoms with Gasteiger partial charge in [0.15, 0.2) is 12.1 Å². The smallest absolute Gasteiger partial charge is 0.362 e. The van der Waals surface area contributed by atoms with Crippen LogP contribution < -0.4 is 0 Å². The first-order valence-corrected chi connectivity index (χ1v) is 19.2. The lowest BCUT2D eigenvalue weighted by Crippen LogP contribution is -2.50. The van der Waals surface area contributed by atoms with Gasteiger partial charge in [-0.1, -0.05) is 122 Å². The van der Waals surface area contributed by atoms with Crippen molar-refractivity contribution in [2.45, 2.75) is 180 Å². The maximum absolute atomic E-state index is 12.6. The van der Waals surface area contributed by atoms with Crippen molar-refractivity contribution in [3.05, 3.63) is 12.2 Å². The molecule has 0 radical (unpaired) electrons. The summed E-state index contributed by atoms with van der Waals surface area (Å²) in [7, 11) is 5.51. The molecule has 0 heterocycles. The largest absolute Gasteiger partial charge is 0.477 e. The van der Waals surface area contributed by atoms with Crippen molar-refractivity contribution in [3.63, 3.8) is 0 Å². The summed E-state index contributed by atoms with van der Waals surface area (Å²) in [5.41, 5.74) is 0. The Labute approximate surface area is 289 Å². The summed E-state index contributed by atoms with van der Waals surface area (Å²) in [4.78, 5) is 36.5. The minimum atomic E-state index is -0.876. The number of ether oxygens (including phenoxy) is 3. The SMILES string of the molecule is CCCCCCCCC/C=C\CCCCCCCCCC(=O)OC(COCCC(C(=O)O)[N+](C)(C)C)COC(=O)CCCCCCC. The molecule has 0 bridgehead atoms. The number of hydrogen-bond donors (Lipinski definition) is 1. The lowest BCUT2D eigenvalue weighted by Gasteiger charge is -2.31. The van der Waals surface area contributed by atoms with E-state index >= 15 is 0 Å². The molecule has 2 atom stereocenters. The van der Waals surface area contributed by atoms with E-state index in [4.69, 9.17) is 14.2 Å². The summed E-state index contributed by atoms with van der Waals surface area (Å²) in [6.07, 6.45) is 30.0. The molecule has 0 aliphatic rings. The summed E-state index contributed by atoms with van der Waals surface area (Å²) in [5.74, 6) is -1.48. The van der Waals surface area contributed by atoms with E-state index in [0.717, 1.165) is 44.9 Å². The summed E-state index contributed by atoms with van der Waals surface area (Å²) < 4.78 is 17.1. The van der Waals surface area contributed by atoms with Crippen LogP contribution in [-0.4, -0.2) is 80.6 Å². The van der Waals surface area contributed by atoms with E-state index in [1.54, 1.807) is 0 Å². The molecule has 0 aromatic heterocycles. The lowest BCUT2D eigenvalue weighted by atomic mass is 10.1. The molecule has 0 aliphatic heterocycles. The summed E-state index contributed by atoms with van der Waals surface area (Å²) in [5, 5.41) is 9.55. The second-order valence-electron chi connectivity index (χ2n) is 14.2. The number of hydrogen-bond acceptors (Lipinski definition) is 6. The molecule has 0 saturated heterocycles. The fourth-order valence-electron chi connectivity index (χ4n) is 5.61. The third-order valence-corrected chi connectivity index (χ3v) is 8.66. The van der Waals surface area contributed by atoms with Crippen LogP contribution in [0, 0.1) is 0 Å². The molecule has 0 amide bonds. The molecule has 1 N–H and O–H groups in total. The average molecular weight is 669 g/mol. The molecule has 47 heavy (non-hydrogen) atoms. The van der Waals surface area contributed by atoms with Gasteiger partial charge >= 0.3 is 17.9 Å². The van der Waals surface area contributed by atoms with Gasteiger partial charge < -0.3 is 23.8 Å². The molecule has 0 aromatic rings. The van der Waals surface area contributed by atoms with E-state index in [1.807, 2.05) is 21.1 Å². The van der Waals surface area contributed by atoms with Crippen molar-refractivity contribution >= 4 is 17.9 Å². The Balaban J connectivity index is 4.24. The summed E-state index contributed by atoms with van der Waals surface area (Å²) >= 11 is 0. The molecule has 276 valence electrons. The van der Waals surface area contributed by atoms with Gasteiger partial charge in [0.1, 0.15) is 6.61 Å². The zero-order chi connectivity index (χ0) is 35.0. The normalized spacial score (nSPS) is 13.1. The maximum Gasteiger partial charge on any atom is 0.362 e. The molecule has 0 rings (SSSR count). The minimum absolute atomic E-state index is 0.0501. The monoisotopic (exact) mass is 669 g/mol. The van der Waals surface area contributed by atoms with Crippen molar-refractivity contribution in [1.82, 2.24) is 0 Å². The van der Waals surface area contributed by atoms with Gasteiger partial charge in [0.25, 0.3) is 0 Å². The third kappa shape index (κ3) is 29.9. The van der Waals surface area contributed by atoms with Crippen LogP contribution in [-0.2, 0) is 28.6 Å². The average Bonchev–Trinajstić information content (AvgIpc) is 3.01. The standard InChI is InChI=1S/C39H73NO7/c1-6-8-10-12-13-14-15-16-17-18-19-20-21-22-23-24-26-28-30-38(42)47-35(34-46-37(41)29-27-25-11-9-7-2)33-45-32-31-36(39(43)44)40(3,4)5/h17-18,35-36H,6-16,19-34H2,1-5H3/p+1/b18-17-. The van der Waals surface area contributed by atoms with Crippen molar-refractivity contribution in [3.8, 4) is 0 Å². The van der Waals surface area contributed by atoms with Gasteiger partial charge in [0.05, 0.1) is 34.4 Å². The van der Waals surface area contributed by atoms with Crippen molar-refractivity contribution < 1.29 is 38.2 Å². The van der Waals surface area contributed by atoms with Gasteiger partial charge in [0.2, 0.25) is 0 Å². The number of esters is 2. The highest BCUT2D eigenvalue weighted by atomic mass is 16.6. The zero-order valence-electron chi connectivity index (χ0n) is 31.2. The molecule has 0 aliphatic carbocycles. The molecular weight excluding hydrogens is 594 g/mol. The van der Waals surface area contributed by atoms with Crippen LogP contribution in [0.4, 0.5) is 0 Å². The van der Waals surface area contributed by atoms with E-state index in [1.165, 1.54) is 89.9 Å². The Hall–Kier alpha value is -1.93. The summed E-state index contributed by atoms with van der Waals surface area (Å²) in [6.45, 7) is 4.64.